The Balaban J connectivity index is 1.91. The maximum absolute atomic E-state index is 12.6. The molecule has 2 aromatic rings. The minimum atomic E-state index is -0.955. The van der Waals surface area contributed by atoms with Gasteiger partial charge in [-0.2, -0.15) is 5.10 Å². The van der Waals surface area contributed by atoms with Crippen LogP contribution in [-0.4, -0.2) is 57.5 Å². The molecule has 1 amide bonds. The molecule has 1 fully saturated rings. The van der Waals surface area contributed by atoms with Gasteiger partial charge in [0.05, 0.1) is 29.3 Å². The molecule has 3 N–H and O–H groups in total. The van der Waals surface area contributed by atoms with Gasteiger partial charge in [0.1, 0.15) is 0 Å². The minimum absolute atomic E-state index is 0.0666. The van der Waals surface area contributed by atoms with E-state index >= 15 is 0 Å². The molecule has 3 rings (SSSR count). The number of pyridine rings is 1. The number of carbonyl (C=O) groups is 2. The molecule has 9 heteroatoms. The van der Waals surface area contributed by atoms with E-state index in [4.69, 9.17) is 9.84 Å². The lowest BCUT2D eigenvalue weighted by Crippen LogP contribution is -2.31. The second-order valence-corrected chi connectivity index (χ2v) is 6.18. The highest BCUT2D eigenvalue weighted by Crippen LogP contribution is 2.28. The number of aliphatic carboxylic acids is 1. The Morgan fingerprint density at radius 2 is 2.12 bits per heavy atom. The van der Waals surface area contributed by atoms with Crippen molar-refractivity contribution in [2.75, 3.05) is 25.1 Å². The Hall–Kier alpha value is -2.68. The number of nitrogens with one attached hydrogen (secondary N) is 2. The van der Waals surface area contributed by atoms with Gasteiger partial charge in [-0.3, -0.25) is 9.59 Å². The van der Waals surface area contributed by atoms with Crippen molar-refractivity contribution in [1.82, 2.24) is 20.1 Å². The number of anilines is 1. The molecule has 0 saturated carbocycles. The zero-order valence-electron chi connectivity index (χ0n) is 14.7. The van der Waals surface area contributed by atoms with E-state index in [-0.39, 0.29) is 24.9 Å². The van der Waals surface area contributed by atoms with Crippen molar-refractivity contribution in [3.8, 4) is 0 Å². The molecule has 3 heterocycles. The predicted molar refractivity (Wildman–Crippen MR) is 95.3 cm³/mol. The van der Waals surface area contributed by atoms with E-state index in [1.807, 2.05) is 6.92 Å². The van der Waals surface area contributed by atoms with Crippen molar-refractivity contribution in [3.63, 3.8) is 0 Å². The third-order valence-corrected chi connectivity index (χ3v) is 4.40. The van der Waals surface area contributed by atoms with Crippen molar-refractivity contribution < 1.29 is 19.4 Å². The standard InChI is InChI=1S/C17H23N5O4/c1-2-22-16-12(10-20-22)15(21-11-4-7-26-8-5-11)13(9-19-16)17(25)18-6-3-14(23)24/h9-11H,2-8H2,1H3,(H,18,25)(H,19,21)(H,23,24). The molecule has 0 aromatic carbocycles. The Bertz CT molecular complexity index is 798. The van der Waals surface area contributed by atoms with Crippen molar-refractivity contribution in [1.29, 1.82) is 0 Å². The number of ether oxygens (including phenoxy) is 1. The SMILES string of the molecule is CCn1ncc2c(NC3CCOCC3)c(C(=O)NCCC(=O)O)cnc21. The summed E-state index contributed by atoms with van der Waals surface area (Å²) in [7, 11) is 0. The second kappa shape index (κ2) is 8.13. The number of carboxylic acid groups (broad SMARTS) is 1. The lowest BCUT2D eigenvalue weighted by Gasteiger charge is -2.25. The van der Waals surface area contributed by atoms with Crippen LogP contribution in [0.25, 0.3) is 11.0 Å². The van der Waals surface area contributed by atoms with Crippen LogP contribution in [-0.2, 0) is 16.1 Å². The summed E-state index contributed by atoms with van der Waals surface area (Å²) in [5.74, 6) is -1.30. The van der Waals surface area contributed by atoms with Crippen LogP contribution in [0.1, 0.15) is 36.5 Å². The average molecular weight is 361 g/mol. The van der Waals surface area contributed by atoms with E-state index in [9.17, 15) is 9.59 Å². The first-order chi connectivity index (χ1) is 12.6. The summed E-state index contributed by atoms with van der Waals surface area (Å²) in [5.41, 5.74) is 1.80. The normalized spacial score (nSPS) is 15.1. The third-order valence-electron chi connectivity index (χ3n) is 4.40. The fourth-order valence-electron chi connectivity index (χ4n) is 3.01. The quantitative estimate of drug-likeness (QED) is 0.679. The molecule has 2 aromatic heterocycles. The number of aryl methyl sites for hydroxylation is 1. The van der Waals surface area contributed by atoms with Crippen LogP contribution in [0.4, 0.5) is 5.69 Å². The molecule has 0 radical (unpaired) electrons. The maximum Gasteiger partial charge on any atom is 0.305 e. The number of hydrogen-bond donors (Lipinski definition) is 3. The van der Waals surface area contributed by atoms with Gasteiger partial charge in [-0.15, -0.1) is 0 Å². The minimum Gasteiger partial charge on any atom is -0.481 e. The zero-order valence-corrected chi connectivity index (χ0v) is 14.7. The van der Waals surface area contributed by atoms with Gasteiger partial charge in [-0.25, -0.2) is 9.67 Å². The van der Waals surface area contributed by atoms with Crippen LogP contribution in [0, 0.1) is 0 Å². The molecule has 1 aliphatic rings. The first-order valence-electron chi connectivity index (χ1n) is 8.79. The number of rotatable bonds is 7. The van der Waals surface area contributed by atoms with Crippen LogP contribution >= 0.6 is 0 Å². The van der Waals surface area contributed by atoms with E-state index in [0.717, 1.165) is 18.2 Å². The Labute approximate surface area is 150 Å². The van der Waals surface area contributed by atoms with Gasteiger partial charge in [0.2, 0.25) is 0 Å². The second-order valence-electron chi connectivity index (χ2n) is 6.18. The van der Waals surface area contributed by atoms with E-state index in [1.54, 1.807) is 10.9 Å². The number of aromatic nitrogens is 3. The first-order valence-corrected chi connectivity index (χ1v) is 8.79. The molecule has 9 nitrogen and oxygen atoms in total. The van der Waals surface area contributed by atoms with Gasteiger partial charge in [0, 0.05) is 38.5 Å². The number of carboxylic acids is 1. The van der Waals surface area contributed by atoms with Gasteiger partial charge in [-0.05, 0) is 19.8 Å². The molecule has 0 spiro atoms. The Morgan fingerprint density at radius 1 is 1.35 bits per heavy atom. The van der Waals surface area contributed by atoms with Crippen molar-refractivity contribution >= 4 is 28.6 Å². The molecule has 0 aliphatic carbocycles. The van der Waals surface area contributed by atoms with Crippen molar-refractivity contribution in [2.24, 2.45) is 0 Å². The number of nitrogens with zero attached hydrogens (tertiary/aromatic N) is 3. The van der Waals surface area contributed by atoms with Crippen molar-refractivity contribution in [3.05, 3.63) is 18.0 Å². The smallest absolute Gasteiger partial charge is 0.305 e. The number of fused-ring (bicyclic) bond motifs is 1. The first kappa shape index (κ1) is 18.1. The monoisotopic (exact) mass is 361 g/mol. The number of hydrogen-bond acceptors (Lipinski definition) is 6. The molecule has 1 aliphatic heterocycles. The molecule has 0 atom stereocenters. The van der Waals surface area contributed by atoms with E-state index < -0.39 is 5.97 Å². The summed E-state index contributed by atoms with van der Waals surface area (Å²) in [4.78, 5) is 27.6. The van der Waals surface area contributed by atoms with E-state index in [2.05, 4.69) is 20.7 Å². The van der Waals surface area contributed by atoms with Crippen LogP contribution in [0.5, 0.6) is 0 Å². The third kappa shape index (κ3) is 3.93. The van der Waals surface area contributed by atoms with Crippen molar-refractivity contribution in [2.45, 2.75) is 38.8 Å². The lowest BCUT2D eigenvalue weighted by molar-refractivity contribution is -0.136. The van der Waals surface area contributed by atoms with Crippen LogP contribution in [0.2, 0.25) is 0 Å². The Morgan fingerprint density at radius 3 is 2.81 bits per heavy atom. The summed E-state index contributed by atoms with van der Waals surface area (Å²) in [6.07, 6.45) is 4.81. The Kier molecular flexibility index (Phi) is 5.67. The lowest BCUT2D eigenvalue weighted by atomic mass is 10.1. The largest absolute Gasteiger partial charge is 0.481 e. The summed E-state index contributed by atoms with van der Waals surface area (Å²) in [5, 5.41) is 20.0. The van der Waals surface area contributed by atoms with Gasteiger partial charge in [0.25, 0.3) is 5.91 Å². The van der Waals surface area contributed by atoms with Gasteiger partial charge >= 0.3 is 5.97 Å². The van der Waals surface area contributed by atoms with Gasteiger partial charge in [-0.1, -0.05) is 0 Å². The molecule has 140 valence electrons. The summed E-state index contributed by atoms with van der Waals surface area (Å²) in [6, 6.07) is 0.199. The molecule has 0 bridgehead atoms. The van der Waals surface area contributed by atoms with Gasteiger partial charge in [0.15, 0.2) is 5.65 Å². The molecule has 0 unspecified atom stereocenters. The fraction of sp³-hybridized carbons (Fsp3) is 0.529. The number of amides is 1. The molecular formula is C17H23N5O4. The highest BCUT2D eigenvalue weighted by Gasteiger charge is 2.22. The van der Waals surface area contributed by atoms with Crippen LogP contribution in [0.3, 0.4) is 0 Å². The number of carbonyl (C=O) groups excluding carboxylic acids is 1. The highest BCUT2D eigenvalue weighted by atomic mass is 16.5. The predicted octanol–water partition coefficient (Wildman–Crippen LogP) is 1.25. The van der Waals surface area contributed by atoms with Crippen LogP contribution in [0.15, 0.2) is 12.4 Å². The molecule has 26 heavy (non-hydrogen) atoms. The van der Waals surface area contributed by atoms with E-state index in [0.29, 0.717) is 36.7 Å². The van der Waals surface area contributed by atoms with E-state index in [1.165, 1.54) is 6.20 Å². The highest BCUT2D eigenvalue weighted by molar-refractivity contribution is 6.06. The summed E-state index contributed by atoms with van der Waals surface area (Å²) in [6.45, 7) is 4.08. The van der Waals surface area contributed by atoms with Gasteiger partial charge < -0.3 is 20.5 Å². The maximum atomic E-state index is 12.6. The molecule has 1 saturated heterocycles. The summed E-state index contributed by atoms with van der Waals surface area (Å²) >= 11 is 0. The van der Waals surface area contributed by atoms with Crippen LogP contribution < -0.4 is 10.6 Å². The average Bonchev–Trinajstić information content (AvgIpc) is 3.06. The molecular weight excluding hydrogens is 338 g/mol. The topological polar surface area (TPSA) is 118 Å². The fourth-order valence-corrected chi connectivity index (χ4v) is 3.01. The summed E-state index contributed by atoms with van der Waals surface area (Å²) < 4.78 is 7.17. The zero-order chi connectivity index (χ0) is 18.5.